The third-order valence-corrected chi connectivity index (χ3v) is 9.82. The molecular formula is C39H54N12O11. The molecule has 23 heteroatoms. The predicted molar refractivity (Wildman–Crippen MR) is 223 cm³/mol. The lowest BCUT2D eigenvalue weighted by Gasteiger charge is -2.33. The number of ketones is 2. The summed E-state index contributed by atoms with van der Waals surface area (Å²) in [7, 11) is 0. The number of hydrogen-bond donors (Lipinski definition) is 8. The third-order valence-electron chi connectivity index (χ3n) is 9.82. The van der Waals surface area contributed by atoms with Crippen LogP contribution in [-0.4, -0.2) is 187 Å². The number of carbonyl (C=O) groups is 7. The Bertz CT molecular complexity index is 2090. The lowest BCUT2D eigenvalue weighted by atomic mass is 10.1. The van der Waals surface area contributed by atoms with E-state index in [4.69, 9.17) is 5.73 Å². The number of nitrogens with one attached hydrogen (secondary N) is 4. The molecule has 1 atom stereocenters. The van der Waals surface area contributed by atoms with Gasteiger partial charge in [-0.15, -0.1) is 0 Å². The molecule has 1 aliphatic rings. The number of carboxylic acid groups (broad SMARTS) is 3. The first-order chi connectivity index (χ1) is 29.5. The van der Waals surface area contributed by atoms with E-state index in [2.05, 4.69) is 35.9 Å². The van der Waals surface area contributed by atoms with Crippen LogP contribution in [-0.2, 0) is 35.3 Å². The molecule has 0 saturated carbocycles. The number of Topliss-reactive ketones (excluding diaryl/α,β-unsaturated/α-hetero) is 2. The standard InChI is InChI=1S/C39H54N12O11/c1-25(52)21-48-11-13-49(14-16-51(24-33(57)58)18-17-50(15-12-48)23-32(55)56)22-29(53)3-2-10-41-31(54)9-8-30(38(61)62)45-36(59)26-4-6-27(7-5-26)42-19-28-20-43-35-34(44-28)37(60)47-39(40)46-35/h4-7,20,30,42H,2-3,8-19,21-24H2,1H3,(H,41,54)(H,45,59)(H,55,56)(H,57,58)(H,61,62)(H3,40,43,46,47,60)/t30-/m0/s1. The molecule has 4 rings (SSSR count). The molecule has 0 unspecified atom stereocenters. The number of benzene rings is 1. The molecule has 2 amide bonds. The first kappa shape index (κ1) is 48.2. The maximum absolute atomic E-state index is 13.1. The number of aromatic nitrogens is 4. The number of nitrogens with two attached hydrogens (primary N) is 1. The van der Waals surface area contributed by atoms with E-state index in [1.54, 1.807) is 21.9 Å². The maximum Gasteiger partial charge on any atom is 0.326 e. The van der Waals surface area contributed by atoms with Crippen LogP contribution in [0.2, 0.25) is 0 Å². The third kappa shape index (κ3) is 16.9. The summed E-state index contributed by atoms with van der Waals surface area (Å²) in [5, 5.41) is 36.8. The summed E-state index contributed by atoms with van der Waals surface area (Å²) < 4.78 is 0. The molecule has 1 aromatic carbocycles. The Labute approximate surface area is 356 Å². The number of nitrogens with zero attached hydrogens (tertiary/aromatic N) is 7. The van der Waals surface area contributed by atoms with Gasteiger partial charge in [0.25, 0.3) is 11.5 Å². The number of amides is 2. The molecule has 0 radical (unpaired) electrons. The zero-order valence-corrected chi connectivity index (χ0v) is 34.5. The summed E-state index contributed by atoms with van der Waals surface area (Å²) in [6, 6.07) is 4.83. The molecule has 3 heterocycles. The number of anilines is 2. The maximum atomic E-state index is 13.1. The second kappa shape index (κ2) is 24.1. The van der Waals surface area contributed by atoms with Crippen molar-refractivity contribution in [2.45, 2.75) is 45.2 Å². The van der Waals surface area contributed by atoms with Crippen LogP contribution in [0.1, 0.15) is 48.7 Å². The number of carboxylic acids is 3. The van der Waals surface area contributed by atoms with Gasteiger partial charge in [0.05, 0.1) is 44.6 Å². The van der Waals surface area contributed by atoms with E-state index in [1.807, 2.05) is 9.80 Å². The molecule has 9 N–H and O–H groups in total. The lowest BCUT2D eigenvalue weighted by molar-refractivity contribution is -0.140. The minimum absolute atomic E-state index is 0.0314. The van der Waals surface area contributed by atoms with Crippen molar-refractivity contribution in [2.24, 2.45) is 0 Å². The van der Waals surface area contributed by atoms with Gasteiger partial charge in [-0.25, -0.2) is 14.8 Å². The Morgan fingerprint density at radius 1 is 0.790 bits per heavy atom. The molecule has 23 nitrogen and oxygen atoms in total. The lowest BCUT2D eigenvalue weighted by Crippen LogP contribution is -2.49. The highest BCUT2D eigenvalue weighted by atomic mass is 16.4. The fourth-order valence-corrected chi connectivity index (χ4v) is 6.60. The monoisotopic (exact) mass is 866 g/mol. The normalized spacial score (nSPS) is 15.4. The van der Waals surface area contributed by atoms with Crippen LogP contribution in [0, 0.1) is 0 Å². The van der Waals surface area contributed by atoms with Crippen molar-refractivity contribution in [3.8, 4) is 0 Å². The highest BCUT2D eigenvalue weighted by molar-refractivity contribution is 5.97. The van der Waals surface area contributed by atoms with Crippen LogP contribution in [0.3, 0.4) is 0 Å². The van der Waals surface area contributed by atoms with Gasteiger partial charge in [-0.2, -0.15) is 4.98 Å². The van der Waals surface area contributed by atoms with E-state index >= 15 is 0 Å². The van der Waals surface area contributed by atoms with Crippen LogP contribution >= 0.6 is 0 Å². The van der Waals surface area contributed by atoms with E-state index in [-0.39, 0.29) is 92.8 Å². The summed E-state index contributed by atoms with van der Waals surface area (Å²) in [4.78, 5) is 119. The van der Waals surface area contributed by atoms with Gasteiger partial charge in [0.15, 0.2) is 11.2 Å². The van der Waals surface area contributed by atoms with Crippen molar-refractivity contribution in [2.75, 3.05) is 96.1 Å². The molecule has 1 fully saturated rings. The molecule has 1 saturated heterocycles. The number of nitrogen functional groups attached to an aromatic ring is 1. The van der Waals surface area contributed by atoms with Crippen molar-refractivity contribution in [1.82, 2.24) is 50.2 Å². The largest absolute Gasteiger partial charge is 0.480 e. The topological polar surface area (TPSA) is 327 Å². The highest BCUT2D eigenvalue weighted by Gasteiger charge is 2.23. The van der Waals surface area contributed by atoms with Crippen LogP contribution < -0.4 is 27.2 Å². The van der Waals surface area contributed by atoms with Crippen molar-refractivity contribution in [3.63, 3.8) is 0 Å². The number of aromatic amines is 1. The molecule has 2 aromatic heterocycles. The summed E-state index contributed by atoms with van der Waals surface area (Å²) in [6.45, 7) is 4.44. The smallest absolute Gasteiger partial charge is 0.326 e. The first-order valence-corrected chi connectivity index (χ1v) is 20.0. The van der Waals surface area contributed by atoms with Crippen LogP contribution in [0.4, 0.5) is 11.6 Å². The van der Waals surface area contributed by atoms with Gasteiger partial charge in [-0.1, -0.05) is 0 Å². The number of aliphatic carboxylic acids is 3. The molecule has 62 heavy (non-hydrogen) atoms. The Kier molecular flexibility index (Phi) is 18.8. The summed E-state index contributed by atoms with van der Waals surface area (Å²) in [5.41, 5.74) is 6.38. The zero-order valence-electron chi connectivity index (χ0n) is 34.5. The van der Waals surface area contributed by atoms with Crippen LogP contribution in [0.15, 0.2) is 35.3 Å². The van der Waals surface area contributed by atoms with Gasteiger partial charge in [0.1, 0.15) is 17.6 Å². The van der Waals surface area contributed by atoms with E-state index in [1.165, 1.54) is 25.3 Å². The van der Waals surface area contributed by atoms with Crippen molar-refractivity contribution in [1.29, 1.82) is 0 Å². The number of hydrogen-bond acceptors (Lipinski definition) is 17. The van der Waals surface area contributed by atoms with Gasteiger partial charge in [-0.05, 0) is 44.0 Å². The number of H-pyrrole nitrogens is 1. The first-order valence-electron chi connectivity index (χ1n) is 20.0. The van der Waals surface area contributed by atoms with Crippen molar-refractivity contribution in [3.05, 3.63) is 52.1 Å². The van der Waals surface area contributed by atoms with Crippen molar-refractivity contribution >= 4 is 64.1 Å². The Hall–Kier alpha value is -6.43. The molecule has 0 bridgehead atoms. The second-order valence-electron chi connectivity index (χ2n) is 14.9. The average molecular weight is 867 g/mol. The highest BCUT2D eigenvalue weighted by Crippen LogP contribution is 2.13. The fourth-order valence-electron chi connectivity index (χ4n) is 6.60. The molecule has 3 aromatic rings. The van der Waals surface area contributed by atoms with Crippen molar-refractivity contribution < 1.29 is 48.9 Å². The Morgan fingerprint density at radius 3 is 1.90 bits per heavy atom. The fraction of sp³-hybridized carbons (Fsp3) is 0.513. The summed E-state index contributed by atoms with van der Waals surface area (Å²) in [6.07, 6.45) is 1.50. The van der Waals surface area contributed by atoms with Gasteiger partial charge in [0, 0.05) is 83.0 Å². The van der Waals surface area contributed by atoms with Crippen LogP contribution in [0.25, 0.3) is 11.2 Å². The Morgan fingerprint density at radius 2 is 1.35 bits per heavy atom. The minimum Gasteiger partial charge on any atom is -0.480 e. The SMILES string of the molecule is CC(=O)CN1CCN(CC(=O)O)CCN(CC(=O)O)CCN(CC(=O)CCCNC(=O)CC[C@H](NC(=O)c2ccc(NCc3cnc4nc(N)[nH]c(=O)c4n3)cc2)C(=O)O)CC1. The molecular weight excluding hydrogens is 813 g/mol. The van der Waals surface area contributed by atoms with Gasteiger partial charge >= 0.3 is 17.9 Å². The quantitative estimate of drug-likeness (QED) is 0.0554. The van der Waals surface area contributed by atoms with E-state index in [9.17, 15) is 53.7 Å². The predicted octanol–water partition coefficient (Wildman–Crippen LogP) is -1.68. The second-order valence-corrected chi connectivity index (χ2v) is 14.9. The summed E-state index contributed by atoms with van der Waals surface area (Å²) >= 11 is 0. The van der Waals surface area contributed by atoms with E-state index < -0.39 is 41.3 Å². The minimum atomic E-state index is -1.35. The molecule has 336 valence electrons. The molecule has 1 aliphatic heterocycles. The van der Waals surface area contributed by atoms with Gasteiger partial charge in [0.2, 0.25) is 11.9 Å². The van der Waals surface area contributed by atoms with Gasteiger partial charge in [-0.3, -0.25) is 58.1 Å². The average Bonchev–Trinajstić information content (AvgIpc) is 3.20. The summed E-state index contributed by atoms with van der Waals surface area (Å²) in [5.74, 6) is -4.71. The van der Waals surface area contributed by atoms with Crippen LogP contribution in [0.5, 0.6) is 0 Å². The number of carbonyl (C=O) groups excluding carboxylic acids is 4. The van der Waals surface area contributed by atoms with E-state index in [0.29, 0.717) is 70.2 Å². The molecule has 0 aliphatic carbocycles. The molecule has 0 spiro atoms. The number of rotatable bonds is 21. The number of fused-ring (bicyclic) bond motifs is 1. The van der Waals surface area contributed by atoms with Gasteiger partial charge < -0.3 is 37.0 Å². The zero-order chi connectivity index (χ0) is 45.2. The Balaban J connectivity index is 1.20. The van der Waals surface area contributed by atoms with E-state index in [0.717, 1.165) is 0 Å².